The molecule has 7 rings (SSSR count). The minimum atomic E-state index is -0.734. The van der Waals surface area contributed by atoms with E-state index in [0.717, 1.165) is 18.5 Å². The molecule has 2 aromatic carbocycles. The number of piperidine rings is 2. The normalized spacial score (nSPS) is 16.5. The van der Waals surface area contributed by atoms with E-state index in [4.69, 9.17) is 21.3 Å². The fraction of sp³-hybridized carbons (Fsp3) is 0.361. The maximum absolute atomic E-state index is 13.2. The van der Waals surface area contributed by atoms with Crippen LogP contribution in [0, 0.1) is 0 Å². The van der Waals surface area contributed by atoms with Gasteiger partial charge in [-0.15, -0.1) is 0 Å². The van der Waals surface area contributed by atoms with Crippen LogP contribution in [0.15, 0.2) is 58.3 Å². The number of carbonyl (C=O) groups is 3. The van der Waals surface area contributed by atoms with Gasteiger partial charge in [-0.2, -0.15) is 4.98 Å². The molecule has 53 heavy (non-hydrogen) atoms. The van der Waals surface area contributed by atoms with Crippen molar-refractivity contribution in [3.05, 3.63) is 74.5 Å². The molecule has 17 heteroatoms. The van der Waals surface area contributed by atoms with Gasteiger partial charge in [-0.05, 0) is 61.7 Å². The monoisotopic (exact) mass is 742 g/mol. The first kappa shape index (κ1) is 35.5. The Morgan fingerprint density at radius 1 is 1.00 bits per heavy atom. The van der Waals surface area contributed by atoms with Gasteiger partial charge in [-0.1, -0.05) is 11.6 Å². The topological polar surface area (TPSA) is 178 Å². The highest BCUT2D eigenvalue weighted by Crippen LogP contribution is 2.31. The molecule has 5 heterocycles. The van der Waals surface area contributed by atoms with Gasteiger partial charge in [-0.25, -0.2) is 9.78 Å². The lowest BCUT2D eigenvalue weighted by atomic mass is 10.0. The van der Waals surface area contributed by atoms with Gasteiger partial charge in [0, 0.05) is 70.5 Å². The van der Waals surface area contributed by atoms with E-state index >= 15 is 0 Å². The number of amides is 3. The number of hydrogen-bond acceptors (Lipinski definition) is 11. The average Bonchev–Trinajstić information content (AvgIpc) is 3.40. The van der Waals surface area contributed by atoms with E-state index in [9.17, 15) is 24.0 Å². The number of anilines is 4. The van der Waals surface area contributed by atoms with Crippen molar-refractivity contribution in [3.8, 4) is 5.75 Å². The van der Waals surface area contributed by atoms with E-state index in [1.54, 1.807) is 30.9 Å². The third-order valence-corrected chi connectivity index (χ3v) is 10.4. The first-order chi connectivity index (χ1) is 25.4. The maximum atomic E-state index is 13.2. The molecule has 0 saturated carbocycles. The number of imide groups is 1. The second-order valence-corrected chi connectivity index (χ2v) is 13.7. The molecule has 16 nitrogen and oxygen atoms in total. The number of carbonyl (C=O) groups excluding carboxylic acids is 3. The van der Waals surface area contributed by atoms with Crippen molar-refractivity contribution >= 4 is 74.4 Å². The molecule has 0 radical (unpaired) electrons. The average molecular weight is 743 g/mol. The van der Waals surface area contributed by atoms with Gasteiger partial charge in [0.15, 0.2) is 18.2 Å². The van der Waals surface area contributed by atoms with Crippen LogP contribution in [0.2, 0.25) is 5.02 Å². The van der Waals surface area contributed by atoms with E-state index in [0.29, 0.717) is 57.5 Å². The lowest BCUT2D eigenvalue weighted by molar-refractivity contribution is -0.135. The lowest BCUT2D eigenvalue weighted by Gasteiger charge is -2.38. The Balaban J connectivity index is 1.04. The van der Waals surface area contributed by atoms with Crippen LogP contribution in [-0.2, 0) is 28.5 Å². The summed E-state index contributed by atoms with van der Waals surface area (Å²) in [6, 6.07) is 12.4. The van der Waals surface area contributed by atoms with Crippen molar-refractivity contribution in [2.75, 3.05) is 48.9 Å². The third kappa shape index (κ3) is 6.77. The SMILES string of the molecule is CNC(=O)COc1cc2cc(Nc3nc(N4CCC(N(C)c5ccc6c(c5)n(C)c(=O)n6C5CCC(=O)NC5=O)CC4)ncc3Cl)ccc2n(C)c1=O. The highest BCUT2D eigenvalue weighted by molar-refractivity contribution is 6.33. The van der Waals surface area contributed by atoms with Crippen LogP contribution in [0.5, 0.6) is 5.75 Å². The van der Waals surface area contributed by atoms with Gasteiger partial charge in [0.05, 0.1) is 22.7 Å². The summed E-state index contributed by atoms with van der Waals surface area (Å²) < 4.78 is 9.99. The number of fused-ring (bicyclic) bond motifs is 2. The van der Waals surface area contributed by atoms with Crippen molar-refractivity contribution in [2.45, 2.75) is 37.8 Å². The summed E-state index contributed by atoms with van der Waals surface area (Å²) in [5.41, 5.74) is 3.02. The molecule has 0 aliphatic carbocycles. The Morgan fingerprint density at radius 3 is 2.49 bits per heavy atom. The van der Waals surface area contributed by atoms with Crippen LogP contribution in [0.25, 0.3) is 21.9 Å². The van der Waals surface area contributed by atoms with E-state index < -0.39 is 11.9 Å². The Kier molecular flexibility index (Phi) is 9.55. The molecule has 2 saturated heterocycles. The number of likely N-dealkylation sites (N-methyl/N-ethyl adjacent to an activating group) is 1. The number of aromatic nitrogens is 5. The van der Waals surface area contributed by atoms with Crippen LogP contribution in [-0.4, -0.2) is 81.2 Å². The molecule has 0 bridgehead atoms. The molecular formula is C36H39ClN10O6. The van der Waals surface area contributed by atoms with E-state index in [1.807, 2.05) is 43.4 Å². The minimum absolute atomic E-state index is 0.0622. The summed E-state index contributed by atoms with van der Waals surface area (Å²) in [4.78, 5) is 75.6. The first-order valence-corrected chi connectivity index (χ1v) is 17.6. The smallest absolute Gasteiger partial charge is 0.329 e. The Morgan fingerprint density at radius 2 is 1.75 bits per heavy atom. The molecule has 276 valence electrons. The largest absolute Gasteiger partial charge is 0.478 e. The zero-order valence-corrected chi connectivity index (χ0v) is 30.4. The summed E-state index contributed by atoms with van der Waals surface area (Å²) in [5, 5.41) is 9.16. The molecule has 3 aromatic heterocycles. The quantitative estimate of drug-likeness (QED) is 0.189. The summed E-state index contributed by atoms with van der Waals surface area (Å²) in [6.07, 6.45) is 3.69. The predicted octanol–water partition coefficient (Wildman–Crippen LogP) is 2.59. The van der Waals surface area contributed by atoms with Crippen molar-refractivity contribution in [2.24, 2.45) is 14.1 Å². The highest BCUT2D eigenvalue weighted by atomic mass is 35.5. The Bertz CT molecular complexity index is 2400. The van der Waals surface area contributed by atoms with Gasteiger partial charge < -0.3 is 29.7 Å². The summed E-state index contributed by atoms with van der Waals surface area (Å²) >= 11 is 6.54. The minimum Gasteiger partial charge on any atom is -0.478 e. The van der Waals surface area contributed by atoms with Gasteiger partial charge in [0.25, 0.3) is 11.5 Å². The number of benzene rings is 2. The number of halogens is 1. The van der Waals surface area contributed by atoms with Crippen molar-refractivity contribution < 1.29 is 19.1 Å². The van der Waals surface area contributed by atoms with Gasteiger partial charge >= 0.3 is 5.69 Å². The molecule has 3 N–H and O–H groups in total. The molecule has 0 spiro atoms. The predicted molar refractivity (Wildman–Crippen MR) is 201 cm³/mol. The fourth-order valence-electron chi connectivity index (χ4n) is 7.05. The van der Waals surface area contributed by atoms with Gasteiger partial charge in [0.1, 0.15) is 11.1 Å². The molecule has 1 unspecified atom stereocenters. The molecule has 3 amide bonds. The van der Waals surface area contributed by atoms with Crippen LogP contribution >= 0.6 is 11.6 Å². The van der Waals surface area contributed by atoms with Crippen molar-refractivity contribution in [1.82, 2.24) is 34.3 Å². The Hall–Kier alpha value is -5.90. The van der Waals surface area contributed by atoms with Crippen LogP contribution < -0.4 is 41.7 Å². The van der Waals surface area contributed by atoms with Crippen LogP contribution in [0.4, 0.5) is 23.1 Å². The molecule has 5 aromatic rings. The number of ether oxygens (including phenoxy) is 1. The van der Waals surface area contributed by atoms with Gasteiger partial charge in [-0.3, -0.25) is 33.6 Å². The number of imidazole rings is 1. The number of nitrogens with one attached hydrogen (secondary N) is 3. The lowest BCUT2D eigenvalue weighted by Crippen LogP contribution is -2.44. The highest BCUT2D eigenvalue weighted by Gasteiger charge is 2.32. The van der Waals surface area contributed by atoms with E-state index in [-0.39, 0.29) is 54.3 Å². The number of rotatable bonds is 9. The van der Waals surface area contributed by atoms with E-state index in [2.05, 4.69) is 30.7 Å². The molecule has 2 fully saturated rings. The molecular weight excluding hydrogens is 704 g/mol. The third-order valence-electron chi connectivity index (χ3n) is 10.1. The van der Waals surface area contributed by atoms with Crippen molar-refractivity contribution in [1.29, 1.82) is 0 Å². The van der Waals surface area contributed by atoms with Gasteiger partial charge in [0.2, 0.25) is 17.8 Å². The zero-order chi connectivity index (χ0) is 37.6. The molecule has 2 aliphatic rings. The van der Waals surface area contributed by atoms with Crippen LogP contribution in [0.1, 0.15) is 31.7 Å². The molecule has 2 aliphatic heterocycles. The Labute approximate surface area is 308 Å². The zero-order valence-electron chi connectivity index (χ0n) is 29.7. The first-order valence-electron chi connectivity index (χ1n) is 17.2. The number of nitrogens with zero attached hydrogens (tertiary/aromatic N) is 7. The molecule has 1 atom stereocenters. The second kappa shape index (κ2) is 14.3. The standard InChI is InChI=1S/C36H39ClN10O6/c1-38-31(49)19-53-29-16-20-15-21(5-7-25(20)44(3)34(29)51)40-32-24(37)18-39-35(42-32)46-13-11-22(12-14-46)43(2)23-6-8-26-28(17-23)45(4)36(52)47(26)27-9-10-30(48)41-33(27)50/h5-8,15-18,22,27H,9-14,19H2,1-4H3,(H,38,49)(H,39,40,42)(H,41,48,50). The number of aryl methyl sites for hydroxylation is 2. The maximum Gasteiger partial charge on any atom is 0.329 e. The van der Waals surface area contributed by atoms with E-state index in [1.165, 1.54) is 16.2 Å². The van der Waals surface area contributed by atoms with Crippen molar-refractivity contribution in [3.63, 3.8) is 0 Å². The number of hydrogen-bond donors (Lipinski definition) is 3. The summed E-state index contributed by atoms with van der Waals surface area (Å²) in [5.74, 6) is -0.0988. The fourth-order valence-corrected chi connectivity index (χ4v) is 7.19. The van der Waals surface area contributed by atoms with Crippen LogP contribution in [0.3, 0.4) is 0 Å². The summed E-state index contributed by atoms with van der Waals surface area (Å²) in [6.45, 7) is 1.12. The summed E-state index contributed by atoms with van der Waals surface area (Å²) in [7, 11) is 6.87. The second-order valence-electron chi connectivity index (χ2n) is 13.3. The number of pyridine rings is 1.